The SMILES string of the molecule is Cc1nc2cc([C@@H]3CCO[C@@H](c4cnn(C5CC5)c4)C3)nc(-c3ccc(F)cc3F)c2nc1CO. The summed E-state index contributed by atoms with van der Waals surface area (Å²) in [6, 6.07) is 5.81. The Labute approximate surface area is 200 Å². The monoisotopic (exact) mass is 477 g/mol. The van der Waals surface area contributed by atoms with Crippen molar-refractivity contribution in [3.8, 4) is 11.3 Å². The van der Waals surface area contributed by atoms with E-state index in [9.17, 15) is 13.9 Å². The van der Waals surface area contributed by atoms with Gasteiger partial charge in [-0.2, -0.15) is 5.10 Å². The van der Waals surface area contributed by atoms with Gasteiger partial charge in [0.15, 0.2) is 0 Å². The summed E-state index contributed by atoms with van der Waals surface area (Å²) in [6.07, 6.45) is 7.65. The van der Waals surface area contributed by atoms with Gasteiger partial charge in [0.05, 0.1) is 41.9 Å². The lowest BCUT2D eigenvalue weighted by molar-refractivity contribution is 0.00462. The van der Waals surface area contributed by atoms with Crippen molar-refractivity contribution in [2.45, 2.75) is 57.3 Å². The fourth-order valence-corrected chi connectivity index (χ4v) is 4.78. The molecule has 1 aliphatic heterocycles. The number of rotatable bonds is 5. The molecular formula is C26H25F2N5O2. The van der Waals surface area contributed by atoms with Crippen LogP contribution in [0.4, 0.5) is 8.78 Å². The summed E-state index contributed by atoms with van der Waals surface area (Å²) in [4.78, 5) is 14.0. The molecule has 1 saturated heterocycles. The van der Waals surface area contributed by atoms with E-state index in [0.29, 0.717) is 47.2 Å². The third-order valence-electron chi connectivity index (χ3n) is 6.90. The molecule has 4 heterocycles. The molecule has 0 amide bonds. The molecule has 0 spiro atoms. The zero-order valence-electron chi connectivity index (χ0n) is 19.3. The van der Waals surface area contributed by atoms with Gasteiger partial charge < -0.3 is 9.84 Å². The van der Waals surface area contributed by atoms with Crippen LogP contribution in [0.15, 0.2) is 36.7 Å². The number of aliphatic hydroxyl groups is 1. The van der Waals surface area contributed by atoms with Gasteiger partial charge in [-0.05, 0) is 50.8 Å². The number of aromatic nitrogens is 5. The van der Waals surface area contributed by atoms with Gasteiger partial charge in [0.25, 0.3) is 0 Å². The van der Waals surface area contributed by atoms with Crippen LogP contribution in [0.2, 0.25) is 0 Å². The van der Waals surface area contributed by atoms with E-state index in [0.717, 1.165) is 36.6 Å². The largest absolute Gasteiger partial charge is 0.390 e. The van der Waals surface area contributed by atoms with Gasteiger partial charge in [-0.15, -0.1) is 0 Å². The van der Waals surface area contributed by atoms with Crippen molar-refractivity contribution in [2.24, 2.45) is 0 Å². The van der Waals surface area contributed by atoms with E-state index in [4.69, 9.17) is 9.72 Å². The molecule has 2 aliphatic rings. The number of nitrogens with zero attached hydrogens (tertiary/aromatic N) is 5. The molecule has 1 aromatic carbocycles. The maximum atomic E-state index is 14.8. The lowest BCUT2D eigenvalue weighted by Gasteiger charge is -2.29. The molecule has 0 unspecified atom stereocenters. The summed E-state index contributed by atoms with van der Waals surface area (Å²) < 4.78 is 36.6. The minimum absolute atomic E-state index is 0.0595. The van der Waals surface area contributed by atoms with Gasteiger partial charge in [-0.1, -0.05) is 0 Å². The molecule has 2 atom stereocenters. The number of ether oxygens (including phenoxy) is 1. The molecule has 35 heavy (non-hydrogen) atoms. The Morgan fingerprint density at radius 1 is 1.11 bits per heavy atom. The maximum Gasteiger partial charge on any atom is 0.135 e. The van der Waals surface area contributed by atoms with Crippen molar-refractivity contribution in [3.63, 3.8) is 0 Å². The number of benzene rings is 1. The number of aliphatic hydroxyl groups excluding tert-OH is 1. The average molecular weight is 478 g/mol. The van der Waals surface area contributed by atoms with E-state index in [1.807, 2.05) is 16.9 Å². The quantitative estimate of drug-likeness (QED) is 0.438. The van der Waals surface area contributed by atoms with Crippen molar-refractivity contribution >= 4 is 11.0 Å². The second-order valence-electron chi connectivity index (χ2n) is 9.37. The minimum atomic E-state index is -0.721. The lowest BCUT2D eigenvalue weighted by atomic mass is 9.89. The maximum absolute atomic E-state index is 14.8. The van der Waals surface area contributed by atoms with E-state index < -0.39 is 11.6 Å². The highest BCUT2D eigenvalue weighted by molar-refractivity contribution is 5.89. The van der Waals surface area contributed by atoms with Crippen molar-refractivity contribution in [3.05, 3.63) is 70.9 Å². The van der Waals surface area contributed by atoms with Crippen molar-refractivity contribution in [1.82, 2.24) is 24.7 Å². The zero-order valence-corrected chi connectivity index (χ0v) is 19.3. The summed E-state index contributed by atoms with van der Waals surface area (Å²) in [5.41, 5.74) is 4.20. The first kappa shape index (κ1) is 22.2. The molecule has 9 heteroatoms. The molecule has 1 N–H and O–H groups in total. The Morgan fingerprint density at radius 3 is 2.74 bits per heavy atom. The Balaban J connectivity index is 1.42. The van der Waals surface area contributed by atoms with Crippen LogP contribution in [0.1, 0.15) is 66.4 Å². The predicted octanol–water partition coefficient (Wildman–Crippen LogP) is 4.94. The Bertz CT molecular complexity index is 1420. The Morgan fingerprint density at radius 2 is 1.97 bits per heavy atom. The van der Waals surface area contributed by atoms with Crippen LogP contribution in [0.5, 0.6) is 0 Å². The number of fused-ring (bicyclic) bond motifs is 1. The van der Waals surface area contributed by atoms with Crippen LogP contribution in [0.3, 0.4) is 0 Å². The lowest BCUT2D eigenvalue weighted by Crippen LogP contribution is -2.19. The fourth-order valence-electron chi connectivity index (χ4n) is 4.78. The molecule has 0 radical (unpaired) electrons. The van der Waals surface area contributed by atoms with Crippen LogP contribution in [0, 0.1) is 18.6 Å². The zero-order chi connectivity index (χ0) is 24.1. The smallest absolute Gasteiger partial charge is 0.135 e. The van der Waals surface area contributed by atoms with Crippen molar-refractivity contribution in [2.75, 3.05) is 6.61 Å². The van der Waals surface area contributed by atoms with Gasteiger partial charge in [0.2, 0.25) is 0 Å². The van der Waals surface area contributed by atoms with E-state index >= 15 is 0 Å². The van der Waals surface area contributed by atoms with Gasteiger partial charge in [0.1, 0.15) is 22.8 Å². The van der Waals surface area contributed by atoms with E-state index in [-0.39, 0.29) is 24.2 Å². The number of halogens is 2. The van der Waals surface area contributed by atoms with Crippen molar-refractivity contribution < 1.29 is 18.6 Å². The molecular weight excluding hydrogens is 452 g/mol. The summed E-state index contributed by atoms with van der Waals surface area (Å²) in [7, 11) is 0. The molecule has 6 rings (SSSR count). The summed E-state index contributed by atoms with van der Waals surface area (Å²) in [6.45, 7) is 2.05. The predicted molar refractivity (Wildman–Crippen MR) is 125 cm³/mol. The Kier molecular flexibility index (Phi) is 5.53. The first-order valence-electron chi connectivity index (χ1n) is 11.9. The first-order valence-corrected chi connectivity index (χ1v) is 11.9. The van der Waals surface area contributed by atoms with Gasteiger partial charge in [0, 0.05) is 41.6 Å². The minimum Gasteiger partial charge on any atom is -0.390 e. The fraction of sp³-hybridized carbons (Fsp3) is 0.385. The summed E-state index contributed by atoms with van der Waals surface area (Å²) in [5.74, 6) is -1.32. The van der Waals surface area contributed by atoms with Crippen molar-refractivity contribution in [1.29, 1.82) is 0 Å². The summed E-state index contributed by atoms with van der Waals surface area (Å²) in [5, 5.41) is 14.2. The van der Waals surface area contributed by atoms with Crippen LogP contribution in [-0.2, 0) is 11.3 Å². The van der Waals surface area contributed by atoms with Crippen LogP contribution in [0.25, 0.3) is 22.3 Å². The third-order valence-corrected chi connectivity index (χ3v) is 6.90. The highest BCUT2D eigenvalue weighted by Crippen LogP contribution is 2.40. The van der Waals surface area contributed by atoms with E-state index in [1.54, 1.807) is 6.92 Å². The Hall–Kier alpha value is -3.30. The highest BCUT2D eigenvalue weighted by Gasteiger charge is 2.30. The number of hydrogen-bond acceptors (Lipinski definition) is 6. The molecule has 2 fully saturated rings. The topological polar surface area (TPSA) is 86.0 Å². The van der Waals surface area contributed by atoms with E-state index in [2.05, 4.69) is 21.3 Å². The normalized spacial score (nSPS) is 20.5. The summed E-state index contributed by atoms with van der Waals surface area (Å²) >= 11 is 0. The number of aryl methyl sites for hydroxylation is 1. The van der Waals surface area contributed by atoms with Gasteiger partial charge in [-0.25, -0.2) is 23.7 Å². The standard InChI is InChI=1S/C26H25F2N5O2/c1-14-23(13-34)32-26-22(30-14)10-21(31-25(26)19-5-2-17(27)9-20(19)28)15-6-7-35-24(8-15)16-11-29-33(12-16)18-3-4-18/h2,5,9-12,15,18,24,34H,3-4,6-8,13H2,1H3/t15-,24-/m1/s1. The first-order chi connectivity index (χ1) is 17.0. The van der Waals surface area contributed by atoms with Crippen LogP contribution >= 0.6 is 0 Å². The van der Waals surface area contributed by atoms with Gasteiger partial charge in [-0.3, -0.25) is 4.68 Å². The number of hydrogen-bond donors (Lipinski definition) is 1. The van der Waals surface area contributed by atoms with Crippen LogP contribution < -0.4 is 0 Å². The van der Waals surface area contributed by atoms with E-state index in [1.165, 1.54) is 12.1 Å². The molecule has 1 aliphatic carbocycles. The average Bonchev–Trinajstić information content (AvgIpc) is 3.59. The molecule has 4 aromatic rings. The highest BCUT2D eigenvalue weighted by atomic mass is 19.1. The molecule has 7 nitrogen and oxygen atoms in total. The number of pyridine rings is 1. The van der Waals surface area contributed by atoms with Gasteiger partial charge >= 0.3 is 0 Å². The van der Waals surface area contributed by atoms with Crippen LogP contribution in [-0.4, -0.2) is 36.4 Å². The molecule has 3 aromatic heterocycles. The molecule has 180 valence electrons. The third kappa shape index (κ3) is 4.19. The second kappa shape index (κ2) is 8.73. The molecule has 0 bridgehead atoms. The molecule has 1 saturated carbocycles. The second-order valence-corrected chi connectivity index (χ2v) is 9.37.